The monoisotopic (exact) mass is 458 g/mol. The molecule has 1 amide bonds. The number of non-ortho nitro benzene ring substituents is 1. The van der Waals surface area contributed by atoms with Crippen LogP contribution in [0, 0.1) is 34.8 Å². The molecule has 0 radical (unpaired) electrons. The molecule has 2 aromatic carbocycles. The summed E-state index contributed by atoms with van der Waals surface area (Å²) in [5.74, 6) is 1.84. The fraction of sp³-hybridized carbons (Fsp3) is 0.435. The van der Waals surface area contributed by atoms with E-state index >= 15 is 0 Å². The van der Waals surface area contributed by atoms with Crippen molar-refractivity contribution in [3.63, 3.8) is 0 Å². The molecule has 0 spiro atoms. The molecular weight excluding hydrogens is 432 g/mol. The molecular formula is C23H26N2O6S. The number of carbonyl (C=O) groups excluding carboxylic acids is 1. The van der Waals surface area contributed by atoms with Crippen LogP contribution in [0.3, 0.4) is 0 Å². The van der Waals surface area contributed by atoms with E-state index in [9.17, 15) is 23.3 Å². The first-order valence-electron chi connectivity index (χ1n) is 10.7. The highest BCUT2D eigenvalue weighted by Crippen LogP contribution is 2.49. The summed E-state index contributed by atoms with van der Waals surface area (Å²) in [6.45, 7) is 3.58. The van der Waals surface area contributed by atoms with E-state index in [1.807, 2.05) is 0 Å². The van der Waals surface area contributed by atoms with Gasteiger partial charge in [-0.2, -0.15) is 8.42 Å². The Morgan fingerprint density at radius 2 is 1.88 bits per heavy atom. The van der Waals surface area contributed by atoms with Crippen molar-refractivity contribution in [2.75, 3.05) is 0 Å². The third kappa shape index (κ3) is 4.48. The number of hydrogen-bond donors (Lipinski definition) is 1. The number of nitrogens with zero attached hydrogens (tertiary/aromatic N) is 1. The molecule has 9 heteroatoms. The third-order valence-electron chi connectivity index (χ3n) is 6.77. The van der Waals surface area contributed by atoms with E-state index in [0.717, 1.165) is 12.0 Å². The maximum atomic E-state index is 12.6. The molecule has 0 unspecified atom stereocenters. The summed E-state index contributed by atoms with van der Waals surface area (Å²) in [7, 11) is -4.27. The summed E-state index contributed by atoms with van der Waals surface area (Å²) >= 11 is 0. The molecule has 0 saturated heterocycles. The number of amides is 1. The summed E-state index contributed by atoms with van der Waals surface area (Å²) in [6.07, 6.45) is 5.01. The second-order valence-corrected chi connectivity index (χ2v) is 10.4. The van der Waals surface area contributed by atoms with Crippen molar-refractivity contribution in [1.82, 2.24) is 5.32 Å². The van der Waals surface area contributed by atoms with Crippen LogP contribution in [-0.2, 0) is 10.1 Å². The van der Waals surface area contributed by atoms with Crippen LogP contribution >= 0.6 is 0 Å². The Morgan fingerprint density at radius 1 is 1.16 bits per heavy atom. The molecule has 2 aromatic rings. The van der Waals surface area contributed by atoms with Crippen molar-refractivity contribution in [3.8, 4) is 5.75 Å². The van der Waals surface area contributed by atoms with Gasteiger partial charge in [0.15, 0.2) is 0 Å². The van der Waals surface area contributed by atoms with Gasteiger partial charge >= 0.3 is 10.1 Å². The molecule has 170 valence electrons. The molecule has 2 fully saturated rings. The number of rotatable bonds is 7. The highest BCUT2D eigenvalue weighted by molar-refractivity contribution is 7.87. The van der Waals surface area contributed by atoms with Gasteiger partial charge in [0.1, 0.15) is 10.6 Å². The van der Waals surface area contributed by atoms with Crippen molar-refractivity contribution in [1.29, 1.82) is 0 Å². The van der Waals surface area contributed by atoms with Gasteiger partial charge in [-0.05, 0) is 80.7 Å². The Hall–Kier alpha value is -2.94. The summed E-state index contributed by atoms with van der Waals surface area (Å²) in [5, 5.41) is 14.1. The van der Waals surface area contributed by atoms with Crippen molar-refractivity contribution in [2.24, 2.45) is 17.8 Å². The largest absolute Gasteiger partial charge is 0.379 e. The topological polar surface area (TPSA) is 116 Å². The summed E-state index contributed by atoms with van der Waals surface area (Å²) in [5.41, 5.74) is 0.409. The molecule has 1 N–H and O–H groups in total. The van der Waals surface area contributed by atoms with Gasteiger partial charge in [0.2, 0.25) is 0 Å². The van der Waals surface area contributed by atoms with Gasteiger partial charge in [-0.1, -0.05) is 12.5 Å². The van der Waals surface area contributed by atoms with Crippen LogP contribution < -0.4 is 9.50 Å². The van der Waals surface area contributed by atoms with Crippen molar-refractivity contribution < 1.29 is 22.3 Å². The van der Waals surface area contributed by atoms with Gasteiger partial charge in [0.05, 0.1) is 4.92 Å². The highest BCUT2D eigenvalue weighted by Gasteiger charge is 2.42. The minimum Gasteiger partial charge on any atom is -0.379 e. The Labute approximate surface area is 187 Å². The normalized spacial score (nSPS) is 23.0. The fourth-order valence-electron chi connectivity index (χ4n) is 5.11. The second kappa shape index (κ2) is 8.54. The third-order valence-corrected chi connectivity index (χ3v) is 8.16. The molecule has 0 heterocycles. The van der Waals surface area contributed by atoms with Gasteiger partial charge in [0, 0.05) is 23.7 Å². The fourth-order valence-corrected chi connectivity index (χ4v) is 6.29. The molecule has 2 saturated carbocycles. The van der Waals surface area contributed by atoms with E-state index in [0.29, 0.717) is 23.0 Å². The Morgan fingerprint density at radius 3 is 2.47 bits per heavy atom. The number of benzene rings is 2. The van der Waals surface area contributed by atoms with Gasteiger partial charge in [-0.3, -0.25) is 14.9 Å². The predicted octanol–water partition coefficient (Wildman–Crippen LogP) is 4.23. The predicted molar refractivity (Wildman–Crippen MR) is 118 cm³/mol. The molecule has 4 rings (SSSR count). The van der Waals surface area contributed by atoms with Crippen LogP contribution in [-0.4, -0.2) is 25.3 Å². The molecule has 2 aliphatic carbocycles. The first-order chi connectivity index (χ1) is 15.1. The molecule has 2 aliphatic rings. The molecule has 8 nitrogen and oxygen atoms in total. The zero-order chi connectivity index (χ0) is 23.0. The van der Waals surface area contributed by atoms with Crippen LogP contribution in [0.2, 0.25) is 0 Å². The van der Waals surface area contributed by atoms with Crippen molar-refractivity contribution in [3.05, 3.63) is 63.7 Å². The lowest BCUT2D eigenvalue weighted by atomic mass is 9.84. The van der Waals surface area contributed by atoms with Crippen molar-refractivity contribution >= 4 is 21.7 Å². The van der Waals surface area contributed by atoms with Gasteiger partial charge < -0.3 is 9.50 Å². The average molecular weight is 459 g/mol. The van der Waals surface area contributed by atoms with E-state index < -0.39 is 15.0 Å². The smallest absolute Gasteiger partial charge is 0.339 e. The SMILES string of the molecule is Cc1ccc([N+](=O)[O-])cc1S(=O)(=O)Oc1ccc(C(=O)N[C@H](C)[C@H]2C[C@@H]3CC[C@@H]2C3)cc1. The number of carbonyl (C=O) groups is 1. The molecule has 2 bridgehead atoms. The average Bonchev–Trinajstić information content (AvgIpc) is 3.37. The van der Waals surface area contributed by atoms with E-state index in [1.54, 1.807) is 0 Å². The zero-order valence-electron chi connectivity index (χ0n) is 18.0. The van der Waals surface area contributed by atoms with E-state index in [1.165, 1.54) is 69.0 Å². The standard InChI is InChI=1S/C23H26N2O6S/c1-14-3-8-19(25(27)28)13-22(14)32(29,30)31-20-9-6-17(7-10-20)23(26)24-15(2)21-12-16-4-5-18(21)11-16/h3,6-10,13,15-16,18,21H,4-5,11-12H2,1-2H3,(H,24,26)/t15-,16-,18-,21-/m1/s1. The summed E-state index contributed by atoms with van der Waals surface area (Å²) in [4.78, 5) is 22.7. The molecule has 32 heavy (non-hydrogen) atoms. The minimum absolute atomic E-state index is 0.0219. The lowest BCUT2D eigenvalue weighted by Crippen LogP contribution is -2.40. The Bertz CT molecular complexity index is 1150. The van der Waals surface area contributed by atoms with E-state index in [-0.39, 0.29) is 28.3 Å². The molecule has 0 aliphatic heterocycles. The van der Waals surface area contributed by atoms with Crippen LogP contribution in [0.5, 0.6) is 5.75 Å². The van der Waals surface area contributed by atoms with Gasteiger partial charge in [-0.15, -0.1) is 0 Å². The molecule has 0 aromatic heterocycles. The first-order valence-corrected chi connectivity index (χ1v) is 12.2. The summed E-state index contributed by atoms with van der Waals surface area (Å²) < 4.78 is 30.4. The maximum absolute atomic E-state index is 12.6. The lowest BCUT2D eigenvalue weighted by molar-refractivity contribution is -0.385. The summed E-state index contributed by atoms with van der Waals surface area (Å²) in [6, 6.07) is 9.48. The van der Waals surface area contributed by atoms with E-state index in [2.05, 4.69) is 12.2 Å². The number of nitro benzene ring substituents is 1. The minimum atomic E-state index is -4.27. The lowest BCUT2D eigenvalue weighted by Gasteiger charge is -2.28. The second-order valence-electron chi connectivity index (χ2n) is 8.87. The quantitative estimate of drug-likeness (QED) is 0.377. The van der Waals surface area contributed by atoms with Crippen molar-refractivity contribution in [2.45, 2.75) is 50.5 Å². The zero-order valence-corrected chi connectivity index (χ0v) is 18.8. The number of nitro groups is 1. The number of nitrogens with one attached hydrogen (secondary N) is 1. The van der Waals surface area contributed by atoms with Crippen LogP contribution in [0.25, 0.3) is 0 Å². The van der Waals surface area contributed by atoms with Crippen LogP contribution in [0.1, 0.15) is 48.5 Å². The number of aryl methyl sites for hydroxylation is 1. The molecule has 4 atom stereocenters. The maximum Gasteiger partial charge on any atom is 0.339 e. The van der Waals surface area contributed by atoms with Crippen LogP contribution in [0.4, 0.5) is 5.69 Å². The Kier molecular flexibility index (Phi) is 5.94. The van der Waals surface area contributed by atoms with Gasteiger partial charge in [0.25, 0.3) is 11.6 Å². The van der Waals surface area contributed by atoms with Crippen LogP contribution in [0.15, 0.2) is 47.4 Å². The highest BCUT2D eigenvalue weighted by atomic mass is 32.2. The number of fused-ring (bicyclic) bond motifs is 2. The van der Waals surface area contributed by atoms with Gasteiger partial charge in [-0.25, -0.2) is 0 Å². The number of hydrogen-bond acceptors (Lipinski definition) is 6. The first kappa shape index (κ1) is 22.3. The Balaban J connectivity index is 1.43. The van der Waals surface area contributed by atoms with E-state index in [4.69, 9.17) is 4.18 Å².